The Labute approximate surface area is 128 Å². The van der Waals surface area contributed by atoms with E-state index in [0.717, 1.165) is 4.47 Å². The second-order valence-electron chi connectivity index (χ2n) is 5.17. The number of ether oxygens (including phenoxy) is 2. The Kier molecular flexibility index (Phi) is 5.21. The maximum Gasteiger partial charge on any atom is 0.442 e. The first-order chi connectivity index (χ1) is 9.05. The van der Waals surface area contributed by atoms with Crippen LogP contribution in [0.1, 0.15) is 20.8 Å². The molecule has 0 saturated carbocycles. The van der Waals surface area contributed by atoms with Gasteiger partial charge in [0.15, 0.2) is 0 Å². The molecule has 20 heavy (non-hydrogen) atoms. The van der Waals surface area contributed by atoms with Gasteiger partial charge in [0.2, 0.25) is 0 Å². The second-order valence-corrected chi connectivity index (χ2v) is 8.28. The van der Waals surface area contributed by atoms with Gasteiger partial charge in [-0.2, -0.15) is 0 Å². The summed E-state index contributed by atoms with van der Waals surface area (Å²) in [7, 11) is -1.38. The molecule has 0 heterocycles. The lowest BCUT2D eigenvalue weighted by molar-refractivity contribution is 0.0607. The van der Waals surface area contributed by atoms with Crippen LogP contribution in [0.5, 0.6) is 5.75 Å². The fourth-order valence-corrected chi connectivity index (χ4v) is 2.83. The molecule has 0 aromatic heterocycles. The van der Waals surface area contributed by atoms with Crippen molar-refractivity contribution in [3.8, 4) is 5.75 Å². The minimum atomic E-state index is -2.88. The predicted molar refractivity (Wildman–Crippen MR) is 81.7 cm³/mol. The van der Waals surface area contributed by atoms with E-state index in [0.29, 0.717) is 10.6 Å². The van der Waals surface area contributed by atoms with E-state index in [4.69, 9.17) is 9.47 Å². The van der Waals surface area contributed by atoms with Crippen LogP contribution in [0, 0.1) is 0 Å². The smallest absolute Gasteiger partial charge is 0.442 e. The number of halogens is 1. The Morgan fingerprint density at radius 1 is 1.35 bits per heavy atom. The summed E-state index contributed by atoms with van der Waals surface area (Å²) in [5.74, 6) is 0.525. The Morgan fingerprint density at radius 2 is 1.95 bits per heavy atom. The molecule has 7 heteroatoms. The minimum Gasteiger partial charge on any atom is -0.496 e. The monoisotopic (exact) mass is 363 g/mol. The fourth-order valence-electron chi connectivity index (χ4n) is 1.35. The number of hydrogen-bond donors (Lipinski definition) is 0. The van der Waals surface area contributed by atoms with Crippen molar-refractivity contribution in [1.82, 2.24) is 0 Å². The van der Waals surface area contributed by atoms with Crippen LogP contribution in [0.25, 0.3) is 0 Å². The van der Waals surface area contributed by atoms with Crippen LogP contribution in [0.3, 0.4) is 0 Å². The summed E-state index contributed by atoms with van der Waals surface area (Å²) in [6.07, 6.45) is 0.548. The van der Waals surface area contributed by atoms with E-state index < -0.39 is 21.4 Å². The molecule has 0 fully saturated rings. The molecule has 0 radical (unpaired) electrons. The number of rotatable bonds is 2. The molecular formula is C13H18BrNO4S. The highest BCUT2D eigenvalue weighted by molar-refractivity contribution is 9.10. The van der Waals surface area contributed by atoms with Gasteiger partial charge in [-0.05, 0) is 54.9 Å². The van der Waals surface area contributed by atoms with Crippen molar-refractivity contribution < 1.29 is 18.5 Å². The van der Waals surface area contributed by atoms with Crippen molar-refractivity contribution in [2.75, 3.05) is 13.4 Å². The quantitative estimate of drug-likeness (QED) is 0.800. The zero-order valence-corrected chi connectivity index (χ0v) is 14.5. The van der Waals surface area contributed by atoms with Crippen molar-refractivity contribution >= 4 is 31.8 Å². The van der Waals surface area contributed by atoms with E-state index in [1.807, 2.05) is 0 Å². The van der Waals surface area contributed by atoms with Crippen LogP contribution in [0.2, 0.25) is 0 Å². The Balaban J connectivity index is 3.16. The van der Waals surface area contributed by atoms with E-state index in [2.05, 4.69) is 20.3 Å². The van der Waals surface area contributed by atoms with E-state index in [-0.39, 0.29) is 0 Å². The van der Waals surface area contributed by atoms with Crippen molar-refractivity contribution in [2.45, 2.75) is 31.3 Å². The van der Waals surface area contributed by atoms with E-state index in [9.17, 15) is 9.00 Å². The average Bonchev–Trinajstić information content (AvgIpc) is 2.25. The van der Waals surface area contributed by atoms with Gasteiger partial charge in [-0.15, -0.1) is 4.36 Å². The Morgan fingerprint density at radius 3 is 2.45 bits per heavy atom. The van der Waals surface area contributed by atoms with E-state index in [1.165, 1.54) is 13.4 Å². The number of methoxy groups -OCH3 is 1. The van der Waals surface area contributed by atoms with Crippen molar-refractivity contribution in [3.63, 3.8) is 0 Å². The summed E-state index contributed by atoms with van der Waals surface area (Å²) in [5.41, 5.74) is -0.673. The van der Waals surface area contributed by atoms with Gasteiger partial charge in [-0.1, -0.05) is 0 Å². The lowest BCUT2D eigenvalue weighted by Crippen LogP contribution is -2.22. The van der Waals surface area contributed by atoms with E-state index >= 15 is 0 Å². The minimum absolute atomic E-state index is 0.406. The van der Waals surface area contributed by atoms with Gasteiger partial charge in [-0.3, -0.25) is 0 Å². The number of amides is 1. The summed E-state index contributed by atoms with van der Waals surface area (Å²) in [4.78, 5) is 12.1. The summed E-state index contributed by atoms with van der Waals surface area (Å²) < 4.78 is 27.1. The molecule has 1 atom stereocenters. The largest absolute Gasteiger partial charge is 0.496 e. The highest BCUT2D eigenvalue weighted by Gasteiger charge is 2.18. The molecule has 0 N–H and O–H groups in total. The highest BCUT2D eigenvalue weighted by atomic mass is 79.9. The summed E-state index contributed by atoms with van der Waals surface area (Å²) >= 11 is 3.31. The predicted octanol–water partition coefficient (Wildman–Crippen LogP) is 3.85. The molecule has 0 aliphatic carbocycles. The third kappa shape index (κ3) is 4.79. The van der Waals surface area contributed by atoms with Crippen LogP contribution < -0.4 is 4.74 Å². The van der Waals surface area contributed by atoms with Gasteiger partial charge < -0.3 is 9.47 Å². The summed E-state index contributed by atoms with van der Waals surface area (Å²) in [6.45, 7) is 5.17. The molecule has 112 valence electrons. The molecule has 0 saturated heterocycles. The topological polar surface area (TPSA) is 65.0 Å². The van der Waals surface area contributed by atoms with Gasteiger partial charge in [-0.25, -0.2) is 9.00 Å². The maximum atomic E-state index is 12.5. The van der Waals surface area contributed by atoms with E-state index in [1.54, 1.807) is 39.0 Å². The van der Waals surface area contributed by atoms with Crippen molar-refractivity contribution in [3.05, 3.63) is 22.7 Å². The van der Waals surface area contributed by atoms with Gasteiger partial charge in [0.25, 0.3) is 0 Å². The lowest BCUT2D eigenvalue weighted by atomic mass is 10.2. The molecular weight excluding hydrogens is 346 g/mol. The zero-order chi connectivity index (χ0) is 15.6. The van der Waals surface area contributed by atoms with Crippen LogP contribution >= 0.6 is 15.9 Å². The Hall–Kier alpha value is -1.08. The molecule has 1 amide bonds. The van der Waals surface area contributed by atoms with Gasteiger partial charge in [0.1, 0.15) is 11.4 Å². The number of benzene rings is 1. The molecule has 0 spiro atoms. The molecule has 1 aromatic carbocycles. The zero-order valence-electron chi connectivity index (χ0n) is 12.1. The first-order valence-electron chi connectivity index (χ1n) is 5.84. The van der Waals surface area contributed by atoms with Gasteiger partial charge >= 0.3 is 6.09 Å². The van der Waals surface area contributed by atoms with Gasteiger partial charge in [0, 0.05) is 6.26 Å². The summed E-state index contributed by atoms with van der Waals surface area (Å²) in [5, 5.41) is 0. The van der Waals surface area contributed by atoms with Gasteiger partial charge in [0.05, 0.1) is 26.2 Å². The van der Waals surface area contributed by atoms with Crippen LogP contribution in [-0.4, -0.2) is 29.3 Å². The van der Waals surface area contributed by atoms with Crippen LogP contribution in [-0.2, 0) is 14.5 Å². The molecule has 0 aliphatic heterocycles. The first kappa shape index (κ1) is 17.0. The molecule has 0 aliphatic rings. The number of hydrogen-bond acceptors (Lipinski definition) is 4. The number of carbonyl (C=O) groups is 1. The first-order valence-corrected chi connectivity index (χ1v) is 8.55. The summed E-state index contributed by atoms with van der Waals surface area (Å²) in [6, 6.07) is 4.91. The standard InChI is InChI=1S/C13H18BrNO4S/c1-13(2,3)19-12(16)15-20(5,17)9-6-7-10(14)11(8-9)18-4/h6-8H,1-5H3. The molecule has 1 unspecified atom stereocenters. The average molecular weight is 364 g/mol. The van der Waals surface area contributed by atoms with Crippen molar-refractivity contribution in [1.29, 1.82) is 0 Å². The third-order valence-corrected chi connectivity index (χ3v) is 4.48. The number of nitrogens with zero attached hydrogens (tertiary/aromatic N) is 1. The van der Waals surface area contributed by atoms with Crippen molar-refractivity contribution in [2.24, 2.45) is 4.36 Å². The molecule has 1 rings (SSSR count). The SMILES string of the molecule is COc1cc(S(C)(=O)=NC(=O)OC(C)(C)C)ccc1Br. The fraction of sp³-hybridized carbons (Fsp3) is 0.462. The lowest BCUT2D eigenvalue weighted by Gasteiger charge is -2.17. The molecule has 1 aromatic rings. The highest BCUT2D eigenvalue weighted by Crippen LogP contribution is 2.28. The van der Waals surface area contributed by atoms with Crippen LogP contribution in [0.4, 0.5) is 4.79 Å². The maximum absolute atomic E-state index is 12.5. The normalized spacial score (nSPS) is 14.3. The van der Waals surface area contributed by atoms with Crippen LogP contribution in [0.15, 0.2) is 31.9 Å². The molecule has 5 nitrogen and oxygen atoms in total. The third-order valence-electron chi connectivity index (χ3n) is 2.20. The second kappa shape index (κ2) is 6.13. The number of carbonyl (C=O) groups excluding carboxylic acids is 1. The Bertz CT molecular complexity index is 628. The molecule has 0 bridgehead atoms.